The monoisotopic (exact) mass is 346 g/mol. The average molecular weight is 347 g/mol. The van der Waals surface area contributed by atoms with Crippen LogP contribution in [0.1, 0.15) is 37.3 Å². The third-order valence-corrected chi connectivity index (χ3v) is 4.03. The Morgan fingerprint density at radius 2 is 1.88 bits per heavy atom. The summed E-state index contributed by atoms with van der Waals surface area (Å²) in [6.45, 7) is 4.27. The van der Waals surface area contributed by atoms with Crippen molar-refractivity contribution in [3.05, 3.63) is 68.7 Å². The summed E-state index contributed by atoms with van der Waals surface area (Å²) in [7, 11) is 0. The summed E-state index contributed by atoms with van der Waals surface area (Å²) in [6, 6.07) is 12.4. The van der Waals surface area contributed by atoms with E-state index in [-0.39, 0.29) is 16.6 Å². The zero-order chi connectivity index (χ0) is 17.7. The molecule has 0 saturated carbocycles. The highest BCUT2D eigenvalue weighted by molar-refractivity contribution is 6.32. The number of aryl methyl sites for hydroxylation is 1. The van der Waals surface area contributed by atoms with Gasteiger partial charge in [-0.1, -0.05) is 49.7 Å². The molecule has 126 valence electrons. The summed E-state index contributed by atoms with van der Waals surface area (Å²) < 4.78 is 0. The molecule has 0 aliphatic rings. The van der Waals surface area contributed by atoms with Crippen molar-refractivity contribution in [2.45, 2.75) is 32.6 Å². The first-order valence-electron chi connectivity index (χ1n) is 7.69. The molecule has 0 atom stereocenters. The van der Waals surface area contributed by atoms with E-state index < -0.39 is 4.92 Å². The number of nitrogens with zero attached hydrogens (tertiary/aromatic N) is 1. The Morgan fingerprint density at radius 3 is 2.46 bits per heavy atom. The number of nitro groups is 1. The van der Waals surface area contributed by atoms with Gasteiger partial charge in [0.25, 0.3) is 5.69 Å². The van der Waals surface area contributed by atoms with E-state index in [0.29, 0.717) is 24.4 Å². The van der Waals surface area contributed by atoms with Crippen LogP contribution in [0.2, 0.25) is 5.02 Å². The molecule has 0 bridgehead atoms. The van der Waals surface area contributed by atoms with E-state index in [2.05, 4.69) is 31.3 Å². The zero-order valence-corrected chi connectivity index (χ0v) is 14.3. The van der Waals surface area contributed by atoms with E-state index in [4.69, 9.17) is 11.6 Å². The summed E-state index contributed by atoms with van der Waals surface area (Å²) in [4.78, 5) is 22.3. The SMILES string of the molecule is CC(C)c1ccc(CCC(=O)Nc2ccc(Cl)c([N+](=O)[O-])c2)cc1. The van der Waals surface area contributed by atoms with Crippen molar-refractivity contribution in [1.82, 2.24) is 0 Å². The average Bonchev–Trinajstić information content (AvgIpc) is 2.55. The molecule has 0 aromatic heterocycles. The van der Waals surface area contributed by atoms with Crippen LogP contribution >= 0.6 is 11.6 Å². The topological polar surface area (TPSA) is 72.2 Å². The second-order valence-electron chi connectivity index (χ2n) is 5.87. The van der Waals surface area contributed by atoms with E-state index in [9.17, 15) is 14.9 Å². The molecule has 0 fully saturated rings. The van der Waals surface area contributed by atoms with Gasteiger partial charge in [-0.3, -0.25) is 14.9 Å². The molecule has 0 aliphatic carbocycles. The second kappa shape index (κ2) is 7.93. The van der Waals surface area contributed by atoms with Crippen LogP contribution in [-0.4, -0.2) is 10.8 Å². The maximum absolute atomic E-state index is 12.0. The molecule has 0 radical (unpaired) electrons. The third kappa shape index (κ3) is 4.80. The number of carbonyl (C=O) groups excluding carboxylic acids is 1. The molecule has 0 heterocycles. The Balaban J connectivity index is 1.94. The van der Waals surface area contributed by atoms with Gasteiger partial charge in [-0.05, 0) is 35.6 Å². The summed E-state index contributed by atoms with van der Waals surface area (Å²) in [5, 5.41) is 13.6. The first kappa shape index (κ1) is 17.9. The lowest BCUT2D eigenvalue weighted by atomic mass is 10.0. The van der Waals surface area contributed by atoms with Crippen LogP contribution in [0.15, 0.2) is 42.5 Å². The highest BCUT2D eigenvalue weighted by atomic mass is 35.5. The van der Waals surface area contributed by atoms with Crippen LogP contribution in [0.3, 0.4) is 0 Å². The predicted octanol–water partition coefficient (Wildman–Crippen LogP) is 4.94. The minimum absolute atomic E-state index is 0.0447. The fourth-order valence-electron chi connectivity index (χ4n) is 2.28. The number of hydrogen-bond donors (Lipinski definition) is 1. The van der Waals surface area contributed by atoms with Crippen molar-refractivity contribution in [2.75, 3.05) is 5.32 Å². The van der Waals surface area contributed by atoms with Crippen molar-refractivity contribution < 1.29 is 9.72 Å². The smallest absolute Gasteiger partial charge is 0.289 e. The summed E-state index contributed by atoms with van der Waals surface area (Å²) >= 11 is 5.75. The molecule has 0 unspecified atom stereocenters. The minimum Gasteiger partial charge on any atom is -0.326 e. The molecule has 2 rings (SSSR count). The predicted molar refractivity (Wildman–Crippen MR) is 95.6 cm³/mol. The van der Waals surface area contributed by atoms with Gasteiger partial charge in [0.2, 0.25) is 5.91 Å². The number of halogens is 1. The van der Waals surface area contributed by atoms with Gasteiger partial charge < -0.3 is 5.32 Å². The Kier molecular flexibility index (Phi) is 5.93. The molecule has 24 heavy (non-hydrogen) atoms. The minimum atomic E-state index is -0.575. The first-order valence-corrected chi connectivity index (χ1v) is 8.07. The van der Waals surface area contributed by atoms with Gasteiger partial charge in [-0.2, -0.15) is 0 Å². The Morgan fingerprint density at radius 1 is 1.21 bits per heavy atom. The second-order valence-corrected chi connectivity index (χ2v) is 6.27. The standard InChI is InChI=1S/C18H19ClN2O3/c1-12(2)14-6-3-13(4-7-14)5-10-18(22)20-15-8-9-16(19)17(11-15)21(23)24/h3-4,6-9,11-12H,5,10H2,1-2H3,(H,20,22). The Labute approximate surface area is 145 Å². The molecular formula is C18H19ClN2O3. The highest BCUT2D eigenvalue weighted by Crippen LogP contribution is 2.27. The number of hydrogen-bond acceptors (Lipinski definition) is 3. The fourth-order valence-corrected chi connectivity index (χ4v) is 2.47. The fraction of sp³-hybridized carbons (Fsp3) is 0.278. The number of nitrogens with one attached hydrogen (secondary N) is 1. The quantitative estimate of drug-likeness (QED) is 0.594. The van der Waals surface area contributed by atoms with Gasteiger partial charge in [0.15, 0.2) is 0 Å². The van der Waals surface area contributed by atoms with Crippen molar-refractivity contribution in [1.29, 1.82) is 0 Å². The summed E-state index contributed by atoms with van der Waals surface area (Å²) in [5.74, 6) is 0.280. The number of nitro benzene ring substituents is 1. The van der Waals surface area contributed by atoms with E-state index in [0.717, 1.165) is 5.56 Å². The van der Waals surface area contributed by atoms with Crippen LogP contribution in [0, 0.1) is 10.1 Å². The summed E-state index contributed by atoms with van der Waals surface area (Å²) in [6.07, 6.45) is 0.914. The molecule has 0 aliphatic heterocycles. The number of carbonyl (C=O) groups is 1. The molecular weight excluding hydrogens is 328 g/mol. The van der Waals surface area contributed by atoms with Crippen LogP contribution in [-0.2, 0) is 11.2 Å². The number of rotatable bonds is 6. The van der Waals surface area contributed by atoms with Crippen LogP contribution in [0.4, 0.5) is 11.4 Å². The normalized spacial score (nSPS) is 10.7. The number of amides is 1. The largest absolute Gasteiger partial charge is 0.326 e. The van der Waals surface area contributed by atoms with Crippen molar-refractivity contribution >= 4 is 28.9 Å². The Bertz CT molecular complexity index is 742. The summed E-state index contributed by atoms with van der Waals surface area (Å²) in [5.41, 5.74) is 2.48. The molecule has 0 saturated heterocycles. The van der Waals surface area contributed by atoms with Crippen LogP contribution < -0.4 is 5.32 Å². The van der Waals surface area contributed by atoms with Crippen molar-refractivity contribution in [2.24, 2.45) is 0 Å². The molecule has 5 nitrogen and oxygen atoms in total. The van der Waals surface area contributed by atoms with Gasteiger partial charge in [0, 0.05) is 18.2 Å². The maximum atomic E-state index is 12.0. The zero-order valence-electron chi connectivity index (χ0n) is 13.6. The van der Waals surface area contributed by atoms with Gasteiger partial charge in [0.05, 0.1) is 4.92 Å². The van der Waals surface area contributed by atoms with E-state index in [1.807, 2.05) is 12.1 Å². The van der Waals surface area contributed by atoms with Gasteiger partial charge in [-0.25, -0.2) is 0 Å². The van der Waals surface area contributed by atoms with E-state index in [1.165, 1.54) is 17.7 Å². The highest BCUT2D eigenvalue weighted by Gasteiger charge is 2.14. The lowest BCUT2D eigenvalue weighted by molar-refractivity contribution is -0.384. The van der Waals surface area contributed by atoms with E-state index >= 15 is 0 Å². The van der Waals surface area contributed by atoms with Gasteiger partial charge in [0.1, 0.15) is 5.02 Å². The van der Waals surface area contributed by atoms with Crippen molar-refractivity contribution in [3.63, 3.8) is 0 Å². The first-order chi connectivity index (χ1) is 11.4. The molecule has 1 N–H and O–H groups in total. The van der Waals surface area contributed by atoms with Crippen LogP contribution in [0.25, 0.3) is 0 Å². The molecule has 6 heteroatoms. The molecule has 2 aromatic rings. The van der Waals surface area contributed by atoms with Gasteiger partial charge >= 0.3 is 0 Å². The lowest BCUT2D eigenvalue weighted by Crippen LogP contribution is -2.12. The van der Waals surface area contributed by atoms with Gasteiger partial charge in [-0.15, -0.1) is 0 Å². The molecule has 2 aromatic carbocycles. The molecule has 1 amide bonds. The van der Waals surface area contributed by atoms with Crippen LogP contribution in [0.5, 0.6) is 0 Å². The lowest BCUT2D eigenvalue weighted by Gasteiger charge is -2.08. The number of anilines is 1. The third-order valence-electron chi connectivity index (χ3n) is 3.71. The van der Waals surface area contributed by atoms with E-state index in [1.54, 1.807) is 6.07 Å². The maximum Gasteiger partial charge on any atom is 0.289 e. The number of benzene rings is 2. The van der Waals surface area contributed by atoms with Crippen molar-refractivity contribution in [3.8, 4) is 0 Å². The molecule has 0 spiro atoms. The Hall–Kier alpha value is -2.40.